The molecule has 5 heteroatoms. The minimum atomic E-state index is -3.50. The molecule has 0 aromatic heterocycles. The van der Waals surface area contributed by atoms with Crippen LogP contribution in [0.2, 0.25) is 0 Å². The molecule has 0 bridgehead atoms. The Hall–Kier alpha value is -1.64. The van der Waals surface area contributed by atoms with E-state index in [1.54, 1.807) is 19.1 Å². The molecule has 0 aliphatic heterocycles. The summed E-state index contributed by atoms with van der Waals surface area (Å²) in [4.78, 5) is 0.221. The Balaban J connectivity index is 2.22. The maximum absolute atomic E-state index is 12.2. The van der Waals surface area contributed by atoms with Gasteiger partial charge in [0.25, 0.3) is 0 Å². The molecule has 1 aliphatic carbocycles. The Bertz CT molecular complexity index is 642. The van der Waals surface area contributed by atoms with Crippen molar-refractivity contribution in [1.29, 1.82) is 5.26 Å². The third-order valence-electron chi connectivity index (χ3n) is 3.22. The van der Waals surface area contributed by atoms with Crippen LogP contribution in [-0.4, -0.2) is 14.5 Å². The highest BCUT2D eigenvalue weighted by Gasteiger charge is 2.20. The lowest BCUT2D eigenvalue weighted by Crippen LogP contribution is -2.35. The van der Waals surface area contributed by atoms with Crippen LogP contribution in [0.4, 0.5) is 0 Å². The molecule has 1 aromatic carbocycles. The number of nitrogens with zero attached hydrogens (tertiary/aromatic N) is 1. The maximum atomic E-state index is 12.2. The lowest BCUT2D eigenvalue weighted by molar-refractivity contribution is 0.522. The van der Waals surface area contributed by atoms with Crippen LogP contribution in [0.15, 0.2) is 35.2 Å². The number of nitriles is 1. The molecule has 0 saturated carbocycles. The molecule has 0 amide bonds. The fourth-order valence-electron chi connectivity index (χ4n) is 2.12. The molecular weight excluding hydrogens is 260 g/mol. The molecule has 0 spiro atoms. The Morgan fingerprint density at radius 3 is 2.74 bits per heavy atom. The minimum Gasteiger partial charge on any atom is -0.208 e. The van der Waals surface area contributed by atoms with Gasteiger partial charge in [0.05, 0.1) is 16.5 Å². The van der Waals surface area contributed by atoms with Crippen LogP contribution in [0.1, 0.15) is 30.4 Å². The van der Waals surface area contributed by atoms with Crippen molar-refractivity contribution >= 4 is 10.0 Å². The number of nitrogens with one attached hydrogen (secondary N) is 1. The summed E-state index contributed by atoms with van der Waals surface area (Å²) in [6, 6.07) is 6.56. The molecule has 1 aliphatic rings. The van der Waals surface area contributed by atoms with Gasteiger partial charge in [-0.3, -0.25) is 0 Å². The highest BCUT2D eigenvalue weighted by molar-refractivity contribution is 7.89. The van der Waals surface area contributed by atoms with Crippen molar-refractivity contribution in [3.63, 3.8) is 0 Å². The van der Waals surface area contributed by atoms with Gasteiger partial charge in [-0.05, 0) is 49.9 Å². The van der Waals surface area contributed by atoms with E-state index in [2.05, 4.69) is 10.8 Å². The predicted octanol–water partition coefficient (Wildman–Crippen LogP) is 2.25. The van der Waals surface area contributed by atoms with E-state index in [1.807, 2.05) is 12.1 Å². The topological polar surface area (TPSA) is 70.0 Å². The fourth-order valence-corrected chi connectivity index (χ4v) is 3.48. The second-order valence-corrected chi connectivity index (χ2v) is 6.41. The maximum Gasteiger partial charge on any atom is 0.240 e. The van der Waals surface area contributed by atoms with Crippen molar-refractivity contribution in [2.24, 2.45) is 0 Å². The van der Waals surface area contributed by atoms with E-state index in [4.69, 9.17) is 5.26 Å². The fraction of sp³-hybridized carbons (Fsp3) is 0.357. The average Bonchev–Trinajstić information content (AvgIpc) is 2.39. The van der Waals surface area contributed by atoms with E-state index in [1.165, 1.54) is 6.07 Å². The first-order chi connectivity index (χ1) is 9.03. The number of allylic oxidation sites excluding steroid dienone is 1. The summed E-state index contributed by atoms with van der Waals surface area (Å²) < 4.78 is 27.2. The number of hydrogen-bond acceptors (Lipinski definition) is 3. The SMILES string of the molecule is Cc1cc(S(=O)(=O)NC2CC=CCC2)ccc1C#N. The highest BCUT2D eigenvalue weighted by Crippen LogP contribution is 2.18. The number of hydrogen-bond donors (Lipinski definition) is 1. The van der Waals surface area contributed by atoms with Crippen LogP contribution in [0, 0.1) is 18.3 Å². The summed E-state index contributed by atoms with van der Waals surface area (Å²) in [6.07, 6.45) is 6.52. The molecule has 19 heavy (non-hydrogen) atoms. The quantitative estimate of drug-likeness (QED) is 0.861. The molecule has 4 nitrogen and oxygen atoms in total. The molecule has 0 radical (unpaired) electrons. The second kappa shape index (κ2) is 5.55. The molecule has 100 valence electrons. The summed E-state index contributed by atoms with van der Waals surface area (Å²) in [6.45, 7) is 1.74. The molecule has 1 N–H and O–H groups in total. The number of aryl methyl sites for hydroxylation is 1. The first-order valence-electron chi connectivity index (χ1n) is 6.21. The van der Waals surface area contributed by atoms with Gasteiger partial charge in [-0.1, -0.05) is 12.2 Å². The van der Waals surface area contributed by atoms with E-state index < -0.39 is 10.0 Å². The molecule has 0 saturated heterocycles. The van der Waals surface area contributed by atoms with Gasteiger partial charge in [-0.2, -0.15) is 5.26 Å². The monoisotopic (exact) mass is 276 g/mol. The molecule has 1 aromatic rings. The van der Waals surface area contributed by atoms with Gasteiger partial charge >= 0.3 is 0 Å². The average molecular weight is 276 g/mol. The standard InChI is InChI=1S/C14H16N2O2S/c1-11-9-14(8-7-12(11)10-15)19(17,18)16-13-5-3-2-4-6-13/h2-3,7-9,13,16H,4-6H2,1H3. The van der Waals surface area contributed by atoms with Gasteiger partial charge in [0.2, 0.25) is 10.0 Å². The zero-order chi connectivity index (χ0) is 13.9. The normalized spacial score (nSPS) is 19.1. The Kier molecular flexibility index (Phi) is 4.03. The Labute approximate surface area is 113 Å². The van der Waals surface area contributed by atoms with Crippen molar-refractivity contribution in [1.82, 2.24) is 4.72 Å². The summed E-state index contributed by atoms with van der Waals surface area (Å²) in [7, 11) is -3.50. The zero-order valence-electron chi connectivity index (χ0n) is 10.8. The lowest BCUT2D eigenvalue weighted by atomic mass is 10.0. The van der Waals surface area contributed by atoms with Crippen LogP contribution < -0.4 is 4.72 Å². The van der Waals surface area contributed by atoms with E-state index in [0.29, 0.717) is 11.1 Å². The predicted molar refractivity (Wildman–Crippen MR) is 73.0 cm³/mol. The van der Waals surface area contributed by atoms with Crippen molar-refractivity contribution in [3.05, 3.63) is 41.5 Å². The first-order valence-corrected chi connectivity index (χ1v) is 7.69. The summed E-state index contributed by atoms with van der Waals surface area (Å²) in [5, 5.41) is 8.85. The summed E-state index contributed by atoms with van der Waals surface area (Å²) in [5.74, 6) is 0. The Morgan fingerprint density at radius 1 is 1.37 bits per heavy atom. The molecule has 0 fully saturated rings. The minimum absolute atomic E-state index is 0.0362. The number of benzene rings is 1. The van der Waals surface area contributed by atoms with E-state index >= 15 is 0 Å². The van der Waals surface area contributed by atoms with E-state index in [0.717, 1.165) is 19.3 Å². The van der Waals surface area contributed by atoms with E-state index in [9.17, 15) is 8.42 Å². The van der Waals surface area contributed by atoms with Crippen LogP contribution in [-0.2, 0) is 10.0 Å². The first kappa shape index (κ1) is 13.8. The van der Waals surface area contributed by atoms with Crippen LogP contribution in [0.3, 0.4) is 0 Å². The Morgan fingerprint density at radius 2 is 2.16 bits per heavy atom. The van der Waals surface area contributed by atoms with Gasteiger partial charge < -0.3 is 0 Å². The van der Waals surface area contributed by atoms with Crippen molar-refractivity contribution in [2.45, 2.75) is 37.1 Å². The van der Waals surface area contributed by atoms with Gasteiger partial charge in [-0.15, -0.1) is 0 Å². The van der Waals surface area contributed by atoms with Gasteiger partial charge in [0.15, 0.2) is 0 Å². The van der Waals surface area contributed by atoms with Crippen LogP contribution in [0.5, 0.6) is 0 Å². The molecule has 0 heterocycles. The molecule has 1 atom stereocenters. The second-order valence-electron chi connectivity index (χ2n) is 4.69. The third kappa shape index (κ3) is 3.22. The summed E-state index contributed by atoms with van der Waals surface area (Å²) in [5.41, 5.74) is 1.17. The van der Waals surface area contributed by atoms with Crippen molar-refractivity contribution in [2.75, 3.05) is 0 Å². The number of sulfonamides is 1. The molecule has 1 unspecified atom stereocenters. The largest absolute Gasteiger partial charge is 0.240 e. The van der Waals surface area contributed by atoms with Gasteiger partial charge in [0.1, 0.15) is 0 Å². The third-order valence-corrected chi connectivity index (χ3v) is 4.74. The number of rotatable bonds is 3. The van der Waals surface area contributed by atoms with Crippen molar-refractivity contribution < 1.29 is 8.42 Å². The zero-order valence-corrected chi connectivity index (χ0v) is 11.6. The molecular formula is C14H16N2O2S. The van der Waals surface area contributed by atoms with E-state index in [-0.39, 0.29) is 10.9 Å². The van der Waals surface area contributed by atoms with Crippen LogP contribution >= 0.6 is 0 Å². The lowest BCUT2D eigenvalue weighted by Gasteiger charge is -2.19. The highest BCUT2D eigenvalue weighted by atomic mass is 32.2. The molecule has 2 rings (SSSR count). The smallest absolute Gasteiger partial charge is 0.208 e. The van der Waals surface area contributed by atoms with Gasteiger partial charge in [-0.25, -0.2) is 13.1 Å². The van der Waals surface area contributed by atoms with Gasteiger partial charge in [0, 0.05) is 6.04 Å². The van der Waals surface area contributed by atoms with Crippen molar-refractivity contribution in [3.8, 4) is 6.07 Å². The van der Waals surface area contributed by atoms with Crippen LogP contribution in [0.25, 0.3) is 0 Å². The summed E-state index contributed by atoms with van der Waals surface area (Å²) >= 11 is 0.